The van der Waals surface area contributed by atoms with E-state index < -0.39 is 0 Å². The molecule has 1 aromatic rings. The molecule has 0 amide bonds. The van der Waals surface area contributed by atoms with Gasteiger partial charge in [0, 0.05) is 25.0 Å². The van der Waals surface area contributed by atoms with Crippen LogP contribution < -0.4 is 10.6 Å². The van der Waals surface area contributed by atoms with Gasteiger partial charge in [0.05, 0.1) is 0 Å². The van der Waals surface area contributed by atoms with Gasteiger partial charge in [0.2, 0.25) is 0 Å². The van der Waals surface area contributed by atoms with Crippen LogP contribution in [-0.2, 0) is 6.42 Å². The maximum absolute atomic E-state index is 4.27. The number of thiophene rings is 1. The molecule has 0 spiro atoms. The standard InChI is InChI=1S/C16H25N3S.HI/c1-17-16(19-12-10-15-8-5-13-20-15)18-11-9-14-6-3-2-4-7-14;/h5-6,8,13H,2-4,7,9-12H2,1H3,(H2,17,18,19);1H. The van der Waals surface area contributed by atoms with Crippen molar-refractivity contribution in [3.05, 3.63) is 34.0 Å². The van der Waals surface area contributed by atoms with Crippen molar-refractivity contribution in [3.8, 4) is 0 Å². The molecule has 0 saturated heterocycles. The minimum Gasteiger partial charge on any atom is -0.356 e. The lowest BCUT2D eigenvalue weighted by Gasteiger charge is -2.15. The Morgan fingerprint density at radius 1 is 1.24 bits per heavy atom. The van der Waals surface area contributed by atoms with E-state index in [1.165, 1.54) is 30.6 Å². The van der Waals surface area contributed by atoms with Crippen LogP contribution >= 0.6 is 35.3 Å². The zero-order valence-electron chi connectivity index (χ0n) is 12.7. The third-order valence-corrected chi connectivity index (χ3v) is 4.53. The highest BCUT2D eigenvalue weighted by Gasteiger charge is 2.04. The molecule has 1 aromatic heterocycles. The van der Waals surface area contributed by atoms with Crippen molar-refractivity contribution in [2.24, 2.45) is 4.99 Å². The van der Waals surface area contributed by atoms with Crippen molar-refractivity contribution in [3.63, 3.8) is 0 Å². The topological polar surface area (TPSA) is 36.4 Å². The van der Waals surface area contributed by atoms with Crippen LogP contribution in [0.25, 0.3) is 0 Å². The Kier molecular flexibility index (Phi) is 9.74. The van der Waals surface area contributed by atoms with Crippen LogP contribution in [0.5, 0.6) is 0 Å². The summed E-state index contributed by atoms with van der Waals surface area (Å²) in [7, 11) is 1.83. The molecule has 3 nitrogen and oxygen atoms in total. The molecule has 0 fully saturated rings. The van der Waals surface area contributed by atoms with Gasteiger partial charge in [-0.2, -0.15) is 0 Å². The third-order valence-electron chi connectivity index (χ3n) is 3.59. The van der Waals surface area contributed by atoms with E-state index in [0.29, 0.717) is 0 Å². The van der Waals surface area contributed by atoms with Gasteiger partial charge in [-0.3, -0.25) is 4.99 Å². The van der Waals surface area contributed by atoms with Crippen molar-refractivity contribution in [1.82, 2.24) is 10.6 Å². The zero-order chi connectivity index (χ0) is 14.0. The van der Waals surface area contributed by atoms with Crippen LogP contribution in [-0.4, -0.2) is 26.1 Å². The molecule has 2 rings (SSSR count). The Balaban J connectivity index is 0.00000220. The minimum atomic E-state index is 0. The third kappa shape index (κ3) is 7.31. The average molecular weight is 419 g/mol. The van der Waals surface area contributed by atoms with Gasteiger partial charge in [-0.15, -0.1) is 35.3 Å². The summed E-state index contributed by atoms with van der Waals surface area (Å²) in [5.74, 6) is 0.915. The fourth-order valence-electron chi connectivity index (χ4n) is 2.45. The second-order valence-corrected chi connectivity index (χ2v) is 6.15. The molecule has 118 valence electrons. The molecular weight excluding hydrogens is 393 g/mol. The number of guanidine groups is 1. The maximum atomic E-state index is 4.27. The first-order valence-electron chi connectivity index (χ1n) is 7.53. The van der Waals surface area contributed by atoms with Crippen molar-refractivity contribution in [2.75, 3.05) is 20.1 Å². The molecule has 0 unspecified atom stereocenters. The van der Waals surface area contributed by atoms with Gasteiger partial charge in [-0.1, -0.05) is 17.7 Å². The number of rotatable bonds is 6. The highest BCUT2D eigenvalue weighted by Crippen LogP contribution is 2.19. The normalized spacial score (nSPS) is 15.1. The summed E-state index contributed by atoms with van der Waals surface area (Å²) >= 11 is 1.81. The molecule has 2 N–H and O–H groups in total. The van der Waals surface area contributed by atoms with Crippen molar-refractivity contribution in [1.29, 1.82) is 0 Å². The zero-order valence-corrected chi connectivity index (χ0v) is 15.9. The summed E-state index contributed by atoms with van der Waals surface area (Å²) in [4.78, 5) is 5.68. The second-order valence-electron chi connectivity index (χ2n) is 5.11. The minimum absolute atomic E-state index is 0. The smallest absolute Gasteiger partial charge is 0.190 e. The van der Waals surface area contributed by atoms with Crippen molar-refractivity contribution in [2.45, 2.75) is 38.5 Å². The molecule has 1 heterocycles. The van der Waals surface area contributed by atoms with Crippen LogP contribution in [0.1, 0.15) is 37.0 Å². The van der Waals surface area contributed by atoms with Crippen LogP contribution in [0, 0.1) is 0 Å². The van der Waals surface area contributed by atoms with Crippen molar-refractivity contribution < 1.29 is 0 Å². The van der Waals surface area contributed by atoms with Gasteiger partial charge < -0.3 is 10.6 Å². The fraction of sp³-hybridized carbons (Fsp3) is 0.562. The lowest BCUT2D eigenvalue weighted by atomic mass is 9.97. The lowest BCUT2D eigenvalue weighted by Crippen LogP contribution is -2.38. The van der Waals surface area contributed by atoms with E-state index in [9.17, 15) is 0 Å². The number of hydrogen-bond acceptors (Lipinski definition) is 2. The Hall–Kier alpha value is -0.560. The largest absolute Gasteiger partial charge is 0.356 e. The summed E-state index contributed by atoms with van der Waals surface area (Å²) in [5.41, 5.74) is 1.61. The quantitative estimate of drug-likeness (QED) is 0.317. The predicted octanol–water partition coefficient (Wildman–Crippen LogP) is 3.96. The second kappa shape index (κ2) is 11.1. The fourth-order valence-corrected chi connectivity index (χ4v) is 3.16. The molecule has 0 saturated carbocycles. The molecule has 0 atom stereocenters. The molecule has 0 bridgehead atoms. The summed E-state index contributed by atoms with van der Waals surface area (Å²) in [5, 5.41) is 8.90. The summed E-state index contributed by atoms with van der Waals surface area (Å²) in [6.07, 6.45) is 9.89. The molecule has 1 aliphatic carbocycles. The predicted molar refractivity (Wildman–Crippen MR) is 104 cm³/mol. The van der Waals surface area contributed by atoms with Crippen molar-refractivity contribution >= 4 is 41.3 Å². The molecule has 5 heteroatoms. The van der Waals surface area contributed by atoms with E-state index in [-0.39, 0.29) is 24.0 Å². The summed E-state index contributed by atoms with van der Waals surface area (Å²) in [6, 6.07) is 4.28. The van der Waals surface area contributed by atoms with E-state index in [0.717, 1.165) is 31.9 Å². The molecule has 21 heavy (non-hydrogen) atoms. The number of aliphatic imine (C=N–C) groups is 1. The van der Waals surface area contributed by atoms with Crippen LogP contribution in [0.3, 0.4) is 0 Å². The first kappa shape index (κ1) is 18.5. The highest BCUT2D eigenvalue weighted by molar-refractivity contribution is 14.0. The van der Waals surface area contributed by atoms with E-state index in [2.05, 4.69) is 39.2 Å². The first-order chi connectivity index (χ1) is 9.88. The first-order valence-corrected chi connectivity index (χ1v) is 8.41. The molecule has 0 aliphatic heterocycles. The van der Waals surface area contributed by atoms with Crippen LogP contribution in [0.4, 0.5) is 0 Å². The Morgan fingerprint density at radius 3 is 2.67 bits per heavy atom. The monoisotopic (exact) mass is 419 g/mol. The van der Waals surface area contributed by atoms with Crippen LogP contribution in [0.2, 0.25) is 0 Å². The van der Waals surface area contributed by atoms with E-state index in [4.69, 9.17) is 0 Å². The molecule has 0 aromatic carbocycles. The number of allylic oxidation sites excluding steroid dienone is 1. The SMILES string of the molecule is CN=C(NCCC1=CCCCC1)NCCc1cccs1.I. The lowest BCUT2D eigenvalue weighted by molar-refractivity contribution is 0.665. The summed E-state index contributed by atoms with van der Waals surface area (Å²) in [6.45, 7) is 1.91. The Bertz CT molecular complexity index is 440. The van der Waals surface area contributed by atoms with Gasteiger partial charge in [0.25, 0.3) is 0 Å². The van der Waals surface area contributed by atoms with E-state index in [1.807, 2.05) is 18.4 Å². The molecule has 1 aliphatic rings. The van der Waals surface area contributed by atoms with Gasteiger partial charge in [-0.05, 0) is 50.0 Å². The number of halogens is 1. The number of nitrogens with zero attached hydrogens (tertiary/aromatic N) is 1. The van der Waals surface area contributed by atoms with Crippen LogP contribution in [0.15, 0.2) is 34.2 Å². The van der Waals surface area contributed by atoms with Gasteiger partial charge in [0.1, 0.15) is 0 Å². The Morgan fingerprint density at radius 2 is 2.05 bits per heavy atom. The van der Waals surface area contributed by atoms with E-state index >= 15 is 0 Å². The molecular formula is C16H26IN3S. The maximum Gasteiger partial charge on any atom is 0.190 e. The average Bonchev–Trinajstić information content (AvgIpc) is 3.00. The number of hydrogen-bond donors (Lipinski definition) is 2. The van der Waals surface area contributed by atoms with Gasteiger partial charge >= 0.3 is 0 Å². The highest BCUT2D eigenvalue weighted by atomic mass is 127. The number of nitrogens with one attached hydrogen (secondary N) is 2. The van der Waals surface area contributed by atoms with Gasteiger partial charge in [-0.25, -0.2) is 0 Å². The van der Waals surface area contributed by atoms with E-state index in [1.54, 1.807) is 5.57 Å². The Labute approximate surface area is 149 Å². The van der Waals surface area contributed by atoms with Gasteiger partial charge in [0.15, 0.2) is 5.96 Å². The molecule has 0 radical (unpaired) electrons. The summed E-state index contributed by atoms with van der Waals surface area (Å²) < 4.78 is 0.